The van der Waals surface area contributed by atoms with Crippen molar-refractivity contribution in [2.75, 3.05) is 6.61 Å². The van der Waals surface area contributed by atoms with Crippen LogP contribution in [-0.4, -0.2) is 36.2 Å². The predicted molar refractivity (Wildman–Crippen MR) is 62.8 cm³/mol. The van der Waals surface area contributed by atoms with Crippen molar-refractivity contribution in [3.63, 3.8) is 0 Å². The molecular weight excluding hydrogens is 222 g/mol. The van der Waals surface area contributed by atoms with E-state index in [4.69, 9.17) is 9.47 Å². The predicted octanol–water partition coefficient (Wildman–Crippen LogP) is 1.65. The summed E-state index contributed by atoms with van der Waals surface area (Å²) in [5, 5.41) is 2.74. The van der Waals surface area contributed by atoms with Gasteiger partial charge in [-0.25, -0.2) is 4.79 Å². The topological polar surface area (TPSA) is 64.6 Å². The zero-order valence-electron chi connectivity index (χ0n) is 10.9. The Labute approximate surface area is 102 Å². The monoisotopic (exact) mass is 243 g/mol. The van der Waals surface area contributed by atoms with Crippen LogP contribution in [0.1, 0.15) is 40.5 Å². The second-order valence-electron chi connectivity index (χ2n) is 5.35. The van der Waals surface area contributed by atoms with E-state index in [1.165, 1.54) is 6.92 Å². The molecule has 0 aromatic carbocycles. The molecule has 0 bridgehead atoms. The molecule has 98 valence electrons. The molecule has 1 rings (SSSR count). The third kappa shape index (κ3) is 5.17. The maximum absolute atomic E-state index is 11.5. The lowest BCUT2D eigenvalue weighted by Crippen LogP contribution is -2.45. The molecule has 0 aliphatic carbocycles. The first-order valence-corrected chi connectivity index (χ1v) is 5.89. The number of nitrogens with one attached hydrogen (secondary N) is 1. The summed E-state index contributed by atoms with van der Waals surface area (Å²) in [6, 6.07) is -0.0690. The van der Waals surface area contributed by atoms with Crippen molar-refractivity contribution in [1.82, 2.24) is 5.32 Å². The Hall–Kier alpha value is -1.10. The van der Waals surface area contributed by atoms with E-state index in [1.807, 2.05) is 20.8 Å². The van der Waals surface area contributed by atoms with Crippen LogP contribution >= 0.6 is 0 Å². The highest BCUT2D eigenvalue weighted by molar-refractivity contribution is 5.80. The molecular formula is C12H21NO4. The minimum atomic E-state index is -0.498. The summed E-state index contributed by atoms with van der Waals surface area (Å²) in [5.74, 6) is 0.0423. The molecule has 1 aliphatic rings. The molecule has 0 spiro atoms. The average molecular weight is 243 g/mol. The Morgan fingerprint density at radius 1 is 1.29 bits per heavy atom. The second kappa shape index (κ2) is 5.49. The Kier molecular flexibility index (Phi) is 4.51. The molecule has 1 saturated heterocycles. The first-order chi connectivity index (χ1) is 7.78. The first-order valence-electron chi connectivity index (χ1n) is 5.89. The number of hydrogen-bond acceptors (Lipinski definition) is 4. The number of hydrogen-bond donors (Lipinski definition) is 1. The van der Waals surface area contributed by atoms with Gasteiger partial charge in [0.05, 0.1) is 12.6 Å². The highest BCUT2D eigenvalue weighted by Crippen LogP contribution is 2.15. The highest BCUT2D eigenvalue weighted by Gasteiger charge is 2.26. The maximum Gasteiger partial charge on any atom is 0.407 e. The van der Waals surface area contributed by atoms with Crippen molar-refractivity contribution >= 4 is 11.9 Å². The third-order valence-corrected chi connectivity index (χ3v) is 2.45. The fourth-order valence-electron chi connectivity index (χ4n) is 1.66. The molecule has 1 aliphatic heterocycles. The van der Waals surface area contributed by atoms with Crippen LogP contribution in [0.2, 0.25) is 0 Å². The van der Waals surface area contributed by atoms with Crippen LogP contribution < -0.4 is 5.32 Å². The SMILES string of the molecule is CC(=O)[C@@H]1CC[C@@H](NC(=O)OC(C)(C)C)CO1. The van der Waals surface area contributed by atoms with Crippen LogP contribution in [0.25, 0.3) is 0 Å². The van der Waals surface area contributed by atoms with Crippen LogP contribution in [0.3, 0.4) is 0 Å². The van der Waals surface area contributed by atoms with Crippen molar-refractivity contribution < 1.29 is 19.1 Å². The number of rotatable bonds is 2. The molecule has 0 aromatic heterocycles. The molecule has 0 saturated carbocycles. The molecule has 17 heavy (non-hydrogen) atoms. The first kappa shape index (κ1) is 14.0. The largest absolute Gasteiger partial charge is 0.444 e. The highest BCUT2D eigenvalue weighted by atomic mass is 16.6. The molecule has 0 aromatic rings. The molecule has 5 heteroatoms. The van der Waals surface area contributed by atoms with Gasteiger partial charge >= 0.3 is 6.09 Å². The van der Waals surface area contributed by atoms with Gasteiger partial charge in [0.25, 0.3) is 0 Å². The van der Waals surface area contributed by atoms with Crippen LogP contribution in [-0.2, 0) is 14.3 Å². The van der Waals surface area contributed by atoms with Crippen molar-refractivity contribution in [2.24, 2.45) is 0 Å². The van der Waals surface area contributed by atoms with Crippen LogP contribution in [0.4, 0.5) is 4.79 Å². The third-order valence-electron chi connectivity index (χ3n) is 2.45. The van der Waals surface area contributed by atoms with Gasteiger partial charge in [-0.05, 0) is 40.5 Å². The van der Waals surface area contributed by atoms with Crippen molar-refractivity contribution in [3.05, 3.63) is 0 Å². The fraction of sp³-hybridized carbons (Fsp3) is 0.833. The van der Waals surface area contributed by atoms with Crippen LogP contribution in [0.5, 0.6) is 0 Å². The molecule has 0 radical (unpaired) electrons. The van der Waals surface area contributed by atoms with E-state index in [1.54, 1.807) is 0 Å². The second-order valence-corrected chi connectivity index (χ2v) is 5.35. The van der Waals surface area contributed by atoms with Gasteiger partial charge in [-0.15, -0.1) is 0 Å². The number of carbonyl (C=O) groups excluding carboxylic acids is 2. The van der Waals surface area contributed by atoms with Crippen molar-refractivity contribution in [2.45, 2.75) is 58.3 Å². The average Bonchev–Trinajstić information content (AvgIpc) is 2.15. The zero-order valence-corrected chi connectivity index (χ0v) is 10.9. The summed E-state index contributed by atoms with van der Waals surface area (Å²) in [6.45, 7) is 7.33. The van der Waals surface area contributed by atoms with Gasteiger partial charge in [-0.1, -0.05) is 0 Å². The van der Waals surface area contributed by atoms with Gasteiger partial charge in [0.2, 0.25) is 0 Å². The standard InChI is InChI=1S/C12H21NO4/c1-8(14)10-6-5-9(7-16-10)13-11(15)17-12(2,3)4/h9-10H,5-7H2,1-4H3,(H,13,15)/t9-,10+/m1/s1. The quantitative estimate of drug-likeness (QED) is 0.801. The number of ether oxygens (including phenoxy) is 2. The lowest BCUT2D eigenvalue weighted by atomic mass is 10.0. The lowest BCUT2D eigenvalue weighted by Gasteiger charge is -2.29. The number of carbonyl (C=O) groups is 2. The Bertz CT molecular complexity index is 287. The summed E-state index contributed by atoms with van der Waals surface area (Å²) in [6.07, 6.45) is 0.637. The molecule has 1 fully saturated rings. The zero-order chi connectivity index (χ0) is 13.1. The normalized spacial score (nSPS) is 25.2. The Balaban J connectivity index is 2.31. The van der Waals surface area contributed by atoms with Crippen molar-refractivity contribution in [3.8, 4) is 0 Å². The van der Waals surface area contributed by atoms with Gasteiger partial charge < -0.3 is 14.8 Å². The number of amides is 1. The van der Waals surface area contributed by atoms with E-state index >= 15 is 0 Å². The van der Waals surface area contributed by atoms with Gasteiger partial charge in [0.1, 0.15) is 11.7 Å². The number of Topliss-reactive ketones (excluding diaryl/α,β-unsaturated/α-hetero) is 1. The van der Waals surface area contributed by atoms with Gasteiger partial charge in [0, 0.05) is 0 Å². The summed E-state index contributed by atoms with van der Waals surface area (Å²) < 4.78 is 10.5. The van der Waals surface area contributed by atoms with E-state index in [2.05, 4.69) is 5.32 Å². The van der Waals surface area contributed by atoms with E-state index in [9.17, 15) is 9.59 Å². The summed E-state index contributed by atoms with van der Waals surface area (Å²) in [4.78, 5) is 22.6. The minimum Gasteiger partial charge on any atom is -0.444 e. The number of alkyl carbamates (subject to hydrolysis) is 1. The molecule has 0 unspecified atom stereocenters. The van der Waals surface area contributed by atoms with E-state index in [-0.39, 0.29) is 17.9 Å². The molecule has 5 nitrogen and oxygen atoms in total. The maximum atomic E-state index is 11.5. The summed E-state index contributed by atoms with van der Waals surface area (Å²) in [5.41, 5.74) is -0.498. The summed E-state index contributed by atoms with van der Waals surface area (Å²) >= 11 is 0. The minimum absolute atomic E-state index is 0.0423. The van der Waals surface area contributed by atoms with E-state index in [0.29, 0.717) is 13.0 Å². The Morgan fingerprint density at radius 3 is 2.35 bits per heavy atom. The summed E-state index contributed by atoms with van der Waals surface area (Å²) in [7, 11) is 0. The fourth-order valence-corrected chi connectivity index (χ4v) is 1.66. The molecule has 1 heterocycles. The van der Waals surface area contributed by atoms with Gasteiger partial charge in [-0.3, -0.25) is 4.79 Å². The van der Waals surface area contributed by atoms with Crippen LogP contribution in [0.15, 0.2) is 0 Å². The molecule has 1 amide bonds. The Morgan fingerprint density at radius 2 is 1.94 bits per heavy atom. The number of ketones is 1. The van der Waals surface area contributed by atoms with Crippen molar-refractivity contribution in [1.29, 1.82) is 0 Å². The smallest absolute Gasteiger partial charge is 0.407 e. The van der Waals surface area contributed by atoms with Gasteiger partial charge in [0.15, 0.2) is 5.78 Å². The molecule has 2 atom stereocenters. The van der Waals surface area contributed by atoms with E-state index in [0.717, 1.165) is 6.42 Å². The molecule has 1 N–H and O–H groups in total. The van der Waals surface area contributed by atoms with Gasteiger partial charge in [-0.2, -0.15) is 0 Å². The van der Waals surface area contributed by atoms with Crippen LogP contribution in [0, 0.1) is 0 Å². The van der Waals surface area contributed by atoms with E-state index < -0.39 is 11.7 Å². The lowest BCUT2D eigenvalue weighted by molar-refractivity contribution is -0.131.